The Morgan fingerprint density at radius 1 is 1.53 bits per heavy atom. The van der Waals surface area contributed by atoms with Gasteiger partial charge in [0.2, 0.25) is 0 Å². The maximum atomic E-state index is 11.3. The molecule has 0 aromatic carbocycles. The number of carbonyl (C=O) groups is 1. The van der Waals surface area contributed by atoms with Gasteiger partial charge in [0.25, 0.3) is 0 Å². The average molecular weight is 214 g/mol. The van der Waals surface area contributed by atoms with Crippen molar-refractivity contribution in [1.82, 2.24) is 10.2 Å². The Kier molecular flexibility index (Phi) is 3.01. The van der Waals surface area contributed by atoms with Crippen LogP contribution in [0.25, 0.3) is 0 Å². The van der Waals surface area contributed by atoms with E-state index in [-0.39, 0.29) is 17.0 Å². The maximum absolute atomic E-state index is 11.3. The van der Waals surface area contributed by atoms with E-state index in [0.29, 0.717) is 13.1 Å². The van der Waals surface area contributed by atoms with Gasteiger partial charge >= 0.3 is 6.09 Å². The van der Waals surface area contributed by atoms with Crippen LogP contribution in [0.15, 0.2) is 0 Å². The molecule has 0 bridgehead atoms. The minimum absolute atomic E-state index is 0.0709. The molecule has 1 saturated heterocycles. The second-order valence-corrected chi connectivity index (χ2v) is 5.70. The average Bonchev–Trinajstić information content (AvgIpc) is 2.07. The molecule has 0 saturated carbocycles. The smallest absolute Gasteiger partial charge is 0.407 e. The highest BCUT2D eigenvalue weighted by atomic mass is 16.4. The molecule has 88 valence electrons. The van der Waals surface area contributed by atoms with Gasteiger partial charge in [-0.25, -0.2) is 4.79 Å². The van der Waals surface area contributed by atoms with Gasteiger partial charge < -0.3 is 10.4 Å². The van der Waals surface area contributed by atoms with E-state index in [4.69, 9.17) is 0 Å². The molecule has 1 heterocycles. The van der Waals surface area contributed by atoms with Crippen molar-refractivity contribution in [2.75, 3.05) is 13.1 Å². The predicted molar refractivity (Wildman–Crippen MR) is 60.1 cm³/mol. The first-order valence-electron chi connectivity index (χ1n) is 5.42. The van der Waals surface area contributed by atoms with Crippen molar-refractivity contribution in [2.24, 2.45) is 5.41 Å². The number of piperazine rings is 1. The van der Waals surface area contributed by atoms with E-state index >= 15 is 0 Å². The van der Waals surface area contributed by atoms with Crippen LogP contribution in [0.1, 0.15) is 34.6 Å². The van der Waals surface area contributed by atoms with Crippen LogP contribution in [-0.2, 0) is 0 Å². The molecular formula is C11H22N2O2. The summed E-state index contributed by atoms with van der Waals surface area (Å²) in [6, 6.07) is 0.233. The van der Waals surface area contributed by atoms with Crippen LogP contribution in [0.3, 0.4) is 0 Å². The summed E-state index contributed by atoms with van der Waals surface area (Å²) in [4.78, 5) is 12.8. The number of nitrogens with one attached hydrogen (secondary N) is 1. The number of rotatable bonds is 0. The molecule has 1 aliphatic rings. The molecule has 1 fully saturated rings. The topological polar surface area (TPSA) is 52.6 Å². The van der Waals surface area contributed by atoms with Crippen molar-refractivity contribution in [3.63, 3.8) is 0 Å². The summed E-state index contributed by atoms with van der Waals surface area (Å²) in [5.74, 6) is 0. The lowest BCUT2D eigenvalue weighted by atomic mass is 9.72. The Hall–Kier alpha value is -0.770. The fourth-order valence-electron chi connectivity index (χ4n) is 1.97. The van der Waals surface area contributed by atoms with Crippen molar-refractivity contribution in [2.45, 2.75) is 46.2 Å². The van der Waals surface area contributed by atoms with E-state index in [9.17, 15) is 9.90 Å². The first kappa shape index (κ1) is 12.3. The molecule has 0 spiro atoms. The van der Waals surface area contributed by atoms with Crippen LogP contribution in [0.2, 0.25) is 0 Å². The van der Waals surface area contributed by atoms with Gasteiger partial charge in [-0.3, -0.25) is 4.90 Å². The van der Waals surface area contributed by atoms with Gasteiger partial charge in [0.1, 0.15) is 0 Å². The van der Waals surface area contributed by atoms with Gasteiger partial charge in [0, 0.05) is 19.1 Å². The van der Waals surface area contributed by atoms with E-state index in [1.54, 1.807) is 4.90 Å². The summed E-state index contributed by atoms with van der Waals surface area (Å²) in [5.41, 5.74) is -0.413. The summed E-state index contributed by atoms with van der Waals surface area (Å²) in [5, 5.41) is 12.6. The van der Waals surface area contributed by atoms with E-state index in [1.165, 1.54) is 0 Å². The quantitative estimate of drug-likeness (QED) is 0.646. The minimum atomic E-state index is -0.819. The fourth-order valence-corrected chi connectivity index (χ4v) is 1.97. The molecule has 0 radical (unpaired) electrons. The predicted octanol–water partition coefficient (Wildman–Crippen LogP) is 1.76. The zero-order chi connectivity index (χ0) is 11.9. The fraction of sp³-hybridized carbons (Fsp3) is 0.909. The Morgan fingerprint density at radius 2 is 2.07 bits per heavy atom. The summed E-state index contributed by atoms with van der Waals surface area (Å²) in [7, 11) is 0. The molecule has 0 aromatic heterocycles. The number of carboxylic acid groups (broad SMARTS) is 1. The van der Waals surface area contributed by atoms with Crippen LogP contribution in [0.4, 0.5) is 4.79 Å². The molecule has 0 aromatic rings. The zero-order valence-corrected chi connectivity index (χ0v) is 10.3. The van der Waals surface area contributed by atoms with Crippen LogP contribution < -0.4 is 5.32 Å². The summed E-state index contributed by atoms with van der Waals surface area (Å²) >= 11 is 0. The van der Waals surface area contributed by atoms with Crippen molar-refractivity contribution >= 4 is 6.09 Å². The van der Waals surface area contributed by atoms with Crippen molar-refractivity contribution in [3.05, 3.63) is 0 Å². The lowest BCUT2D eigenvalue weighted by Crippen LogP contribution is -2.68. The highest BCUT2D eigenvalue weighted by Gasteiger charge is 2.47. The Labute approximate surface area is 91.6 Å². The van der Waals surface area contributed by atoms with Gasteiger partial charge in [-0.15, -0.1) is 0 Å². The van der Waals surface area contributed by atoms with Crippen molar-refractivity contribution < 1.29 is 9.90 Å². The number of hydrogen-bond acceptors (Lipinski definition) is 2. The zero-order valence-electron chi connectivity index (χ0n) is 10.3. The third-order valence-corrected chi connectivity index (χ3v) is 3.69. The second-order valence-electron chi connectivity index (χ2n) is 5.70. The monoisotopic (exact) mass is 214 g/mol. The SMILES string of the molecule is C[C@@H]1CN(C(=O)O)[C@@](C)(C(C)(C)C)CN1. The molecule has 4 heteroatoms. The van der Waals surface area contributed by atoms with E-state index in [0.717, 1.165) is 0 Å². The summed E-state index contributed by atoms with van der Waals surface area (Å²) in [6.45, 7) is 11.5. The molecular weight excluding hydrogens is 192 g/mol. The molecule has 0 unspecified atom stereocenters. The van der Waals surface area contributed by atoms with Crippen molar-refractivity contribution in [1.29, 1.82) is 0 Å². The van der Waals surface area contributed by atoms with Gasteiger partial charge in [-0.05, 0) is 19.3 Å². The first-order chi connectivity index (χ1) is 6.68. The van der Waals surface area contributed by atoms with Gasteiger partial charge in [0.15, 0.2) is 0 Å². The van der Waals surface area contributed by atoms with Crippen molar-refractivity contribution in [3.8, 4) is 0 Å². The third-order valence-electron chi connectivity index (χ3n) is 3.69. The van der Waals surface area contributed by atoms with E-state index < -0.39 is 6.09 Å². The minimum Gasteiger partial charge on any atom is -0.465 e. The lowest BCUT2D eigenvalue weighted by molar-refractivity contribution is -0.0117. The molecule has 1 rings (SSSR count). The largest absolute Gasteiger partial charge is 0.465 e. The van der Waals surface area contributed by atoms with Crippen LogP contribution >= 0.6 is 0 Å². The molecule has 1 amide bonds. The van der Waals surface area contributed by atoms with Crippen LogP contribution in [0, 0.1) is 5.41 Å². The molecule has 4 nitrogen and oxygen atoms in total. The normalized spacial score (nSPS) is 32.9. The summed E-state index contributed by atoms with van der Waals surface area (Å²) < 4.78 is 0. The second kappa shape index (κ2) is 3.67. The molecule has 0 aliphatic carbocycles. The highest BCUT2D eigenvalue weighted by Crippen LogP contribution is 2.37. The standard InChI is InChI=1S/C11H22N2O2/c1-8-6-13(9(14)15)11(5,7-12-8)10(2,3)4/h8,12H,6-7H2,1-5H3,(H,14,15)/t8-,11-/m1/s1. The summed E-state index contributed by atoms with van der Waals surface area (Å²) in [6.07, 6.45) is -0.819. The number of amides is 1. The molecule has 15 heavy (non-hydrogen) atoms. The van der Waals surface area contributed by atoms with Gasteiger partial charge in [-0.2, -0.15) is 0 Å². The third kappa shape index (κ3) is 2.09. The van der Waals surface area contributed by atoms with Gasteiger partial charge in [0.05, 0.1) is 5.54 Å². The molecule has 1 aliphatic heterocycles. The Balaban J connectivity index is 3.00. The number of nitrogens with zero attached hydrogens (tertiary/aromatic N) is 1. The Morgan fingerprint density at radius 3 is 2.47 bits per heavy atom. The first-order valence-corrected chi connectivity index (χ1v) is 5.42. The Bertz CT molecular complexity index is 260. The molecule has 2 N–H and O–H groups in total. The molecule has 2 atom stereocenters. The highest BCUT2D eigenvalue weighted by molar-refractivity contribution is 5.66. The van der Waals surface area contributed by atoms with Crippen LogP contribution in [0.5, 0.6) is 0 Å². The number of hydrogen-bond donors (Lipinski definition) is 2. The van der Waals surface area contributed by atoms with E-state index in [2.05, 4.69) is 26.1 Å². The maximum Gasteiger partial charge on any atom is 0.407 e. The van der Waals surface area contributed by atoms with Crippen LogP contribution in [-0.4, -0.2) is 40.8 Å². The van der Waals surface area contributed by atoms with Gasteiger partial charge in [-0.1, -0.05) is 20.8 Å². The lowest BCUT2D eigenvalue weighted by Gasteiger charge is -2.53. The van der Waals surface area contributed by atoms with E-state index in [1.807, 2.05) is 13.8 Å².